The van der Waals surface area contributed by atoms with Gasteiger partial charge < -0.3 is 4.40 Å². The van der Waals surface area contributed by atoms with E-state index in [1.807, 2.05) is 36.6 Å². The number of halogens is 1. The molecular weight excluding hydrogens is 172 g/mol. The predicted octanol–water partition coefficient (Wildman–Crippen LogP) is 2.60. The Hall–Kier alpha value is -1.02. The molecule has 0 amide bonds. The van der Waals surface area contributed by atoms with Gasteiger partial charge in [0.05, 0.1) is 5.52 Å². The van der Waals surface area contributed by atoms with Crippen LogP contribution in [0.3, 0.4) is 0 Å². The first-order valence-corrected chi connectivity index (χ1v) is 4.17. The minimum atomic E-state index is 0.589. The van der Waals surface area contributed by atoms with E-state index in [4.69, 9.17) is 11.6 Å². The van der Waals surface area contributed by atoms with Crippen molar-refractivity contribution in [3.05, 3.63) is 34.9 Å². The summed E-state index contributed by atoms with van der Waals surface area (Å²) in [4.78, 5) is 4.18. The van der Waals surface area contributed by atoms with Crippen LogP contribution in [0.5, 0.6) is 0 Å². The maximum Gasteiger partial charge on any atom is 0.155 e. The van der Waals surface area contributed by atoms with Crippen LogP contribution in [0.15, 0.2) is 18.3 Å². The highest BCUT2D eigenvalue weighted by Gasteiger charge is 2.06. The molecule has 0 saturated carbocycles. The number of hydrogen-bond acceptors (Lipinski definition) is 1. The highest BCUT2D eigenvalue weighted by atomic mass is 35.5. The Kier molecular flexibility index (Phi) is 1.58. The van der Waals surface area contributed by atoms with Crippen molar-refractivity contribution in [3.63, 3.8) is 0 Å². The van der Waals surface area contributed by atoms with Gasteiger partial charge in [-0.1, -0.05) is 17.7 Å². The number of nitrogens with zero attached hydrogens (tertiary/aromatic N) is 2. The van der Waals surface area contributed by atoms with Gasteiger partial charge in [-0.15, -0.1) is 0 Å². The minimum absolute atomic E-state index is 0.589. The lowest BCUT2D eigenvalue weighted by Crippen LogP contribution is -1.87. The van der Waals surface area contributed by atoms with Crippen molar-refractivity contribution in [3.8, 4) is 0 Å². The fraction of sp³-hybridized carbons (Fsp3) is 0.222. The number of aromatic nitrogens is 2. The third-order valence-electron chi connectivity index (χ3n) is 2.00. The fourth-order valence-corrected chi connectivity index (χ4v) is 1.76. The summed E-state index contributed by atoms with van der Waals surface area (Å²) in [5.41, 5.74) is 2.17. The molecule has 0 unspecified atom stereocenters. The van der Waals surface area contributed by atoms with Gasteiger partial charge in [0, 0.05) is 6.20 Å². The Balaban J connectivity index is 2.99. The van der Waals surface area contributed by atoms with Crippen LogP contribution >= 0.6 is 11.6 Å². The van der Waals surface area contributed by atoms with E-state index in [-0.39, 0.29) is 0 Å². The summed E-state index contributed by atoms with van der Waals surface area (Å²) in [6.07, 6.45) is 1.97. The number of pyridine rings is 1. The Bertz CT molecular complexity index is 431. The molecule has 0 aliphatic rings. The van der Waals surface area contributed by atoms with Crippen LogP contribution in [-0.4, -0.2) is 9.38 Å². The Morgan fingerprint density at radius 3 is 2.83 bits per heavy atom. The first-order valence-electron chi connectivity index (χ1n) is 3.80. The molecule has 0 radical (unpaired) electrons. The lowest BCUT2D eigenvalue weighted by atomic mass is 10.3. The van der Waals surface area contributed by atoms with Crippen molar-refractivity contribution in [2.24, 2.45) is 0 Å². The topological polar surface area (TPSA) is 17.3 Å². The van der Waals surface area contributed by atoms with Crippen LogP contribution in [0.1, 0.15) is 11.4 Å². The number of aryl methyl sites for hydroxylation is 2. The smallest absolute Gasteiger partial charge is 0.155 e. The molecule has 2 heterocycles. The minimum Gasteiger partial charge on any atom is -0.302 e. The molecular formula is C9H9ClN2. The third kappa shape index (κ3) is 0.916. The van der Waals surface area contributed by atoms with Crippen LogP contribution in [0.25, 0.3) is 5.52 Å². The summed E-state index contributed by atoms with van der Waals surface area (Å²) in [5.74, 6) is 0.929. The summed E-state index contributed by atoms with van der Waals surface area (Å²) in [6.45, 7) is 3.97. The SMILES string of the molecule is Cc1cccn2c(C)nc(Cl)c12. The van der Waals surface area contributed by atoms with Gasteiger partial charge in [-0.3, -0.25) is 0 Å². The second kappa shape index (κ2) is 2.49. The maximum atomic E-state index is 5.95. The molecule has 2 aromatic rings. The zero-order valence-corrected chi connectivity index (χ0v) is 7.76. The van der Waals surface area contributed by atoms with Crippen molar-refractivity contribution >= 4 is 17.1 Å². The molecule has 2 nitrogen and oxygen atoms in total. The van der Waals surface area contributed by atoms with Crippen LogP contribution in [0, 0.1) is 13.8 Å². The summed E-state index contributed by atoms with van der Waals surface area (Å²) in [5, 5.41) is 0.589. The lowest BCUT2D eigenvalue weighted by molar-refractivity contribution is 1.04. The zero-order chi connectivity index (χ0) is 8.72. The molecule has 2 rings (SSSR count). The van der Waals surface area contributed by atoms with E-state index in [9.17, 15) is 0 Å². The van der Waals surface area contributed by atoms with E-state index in [1.54, 1.807) is 0 Å². The van der Waals surface area contributed by atoms with Crippen molar-refractivity contribution < 1.29 is 0 Å². The Morgan fingerprint density at radius 2 is 2.17 bits per heavy atom. The molecule has 0 spiro atoms. The maximum absolute atomic E-state index is 5.95. The molecule has 0 N–H and O–H groups in total. The van der Waals surface area contributed by atoms with Gasteiger partial charge in [0.1, 0.15) is 5.82 Å². The van der Waals surface area contributed by atoms with E-state index in [2.05, 4.69) is 4.98 Å². The van der Waals surface area contributed by atoms with E-state index in [0.29, 0.717) is 5.15 Å². The van der Waals surface area contributed by atoms with Crippen LogP contribution in [-0.2, 0) is 0 Å². The summed E-state index contributed by atoms with van der Waals surface area (Å²) in [6, 6.07) is 4.02. The predicted molar refractivity (Wildman–Crippen MR) is 49.7 cm³/mol. The lowest BCUT2D eigenvalue weighted by Gasteiger charge is -1.98. The standard InChI is InChI=1S/C9H9ClN2/c1-6-4-3-5-12-7(2)11-9(10)8(6)12/h3-5H,1-2H3. The van der Waals surface area contributed by atoms with Crippen molar-refractivity contribution in [2.45, 2.75) is 13.8 Å². The van der Waals surface area contributed by atoms with E-state index < -0.39 is 0 Å². The van der Waals surface area contributed by atoms with E-state index in [1.165, 1.54) is 0 Å². The second-order valence-electron chi connectivity index (χ2n) is 2.86. The molecule has 0 aliphatic carbocycles. The number of hydrogen-bond donors (Lipinski definition) is 0. The fourth-order valence-electron chi connectivity index (χ4n) is 1.40. The first-order chi connectivity index (χ1) is 5.70. The first kappa shape index (κ1) is 7.62. The van der Waals surface area contributed by atoms with Crippen molar-refractivity contribution in [1.82, 2.24) is 9.38 Å². The second-order valence-corrected chi connectivity index (χ2v) is 3.22. The molecule has 0 saturated heterocycles. The van der Waals surface area contributed by atoms with Gasteiger partial charge in [-0.25, -0.2) is 4.98 Å². The van der Waals surface area contributed by atoms with Crippen LogP contribution in [0.4, 0.5) is 0 Å². The van der Waals surface area contributed by atoms with Gasteiger partial charge in [0.2, 0.25) is 0 Å². The highest BCUT2D eigenvalue weighted by molar-refractivity contribution is 6.32. The van der Waals surface area contributed by atoms with Crippen LogP contribution < -0.4 is 0 Å². The van der Waals surface area contributed by atoms with Crippen molar-refractivity contribution in [2.75, 3.05) is 0 Å². The molecule has 0 atom stereocenters. The molecule has 0 bridgehead atoms. The van der Waals surface area contributed by atoms with Gasteiger partial charge in [-0.2, -0.15) is 0 Å². The third-order valence-corrected chi connectivity index (χ3v) is 2.26. The summed E-state index contributed by atoms with van der Waals surface area (Å²) in [7, 11) is 0. The average molecular weight is 181 g/mol. The molecule has 0 fully saturated rings. The molecule has 0 aromatic carbocycles. The highest BCUT2D eigenvalue weighted by Crippen LogP contribution is 2.20. The number of fused-ring (bicyclic) bond motifs is 1. The van der Waals surface area contributed by atoms with Gasteiger partial charge in [-0.05, 0) is 25.5 Å². The normalized spacial score (nSPS) is 10.9. The molecule has 62 valence electrons. The summed E-state index contributed by atoms with van der Waals surface area (Å²) < 4.78 is 2.00. The summed E-state index contributed by atoms with van der Waals surface area (Å²) >= 11 is 5.95. The number of rotatable bonds is 0. The van der Waals surface area contributed by atoms with Gasteiger partial charge in [0.15, 0.2) is 5.15 Å². The number of imidazole rings is 1. The Morgan fingerprint density at radius 1 is 1.42 bits per heavy atom. The van der Waals surface area contributed by atoms with Gasteiger partial charge >= 0.3 is 0 Å². The largest absolute Gasteiger partial charge is 0.302 e. The quantitative estimate of drug-likeness (QED) is 0.609. The van der Waals surface area contributed by atoms with Gasteiger partial charge in [0.25, 0.3) is 0 Å². The van der Waals surface area contributed by atoms with Crippen LogP contribution in [0.2, 0.25) is 5.15 Å². The molecule has 2 aromatic heterocycles. The van der Waals surface area contributed by atoms with Crippen molar-refractivity contribution in [1.29, 1.82) is 0 Å². The average Bonchev–Trinajstić information content (AvgIpc) is 2.29. The molecule has 12 heavy (non-hydrogen) atoms. The van der Waals surface area contributed by atoms with E-state index >= 15 is 0 Å². The zero-order valence-electron chi connectivity index (χ0n) is 7.00. The molecule has 3 heteroatoms. The molecule has 0 aliphatic heterocycles. The van der Waals surface area contributed by atoms with E-state index in [0.717, 1.165) is 16.9 Å². The Labute approximate surface area is 75.8 Å². The monoisotopic (exact) mass is 180 g/mol.